The summed E-state index contributed by atoms with van der Waals surface area (Å²) in [5, 5.41) is 4.29. The highest BCUT2D eigenvalue weighted by molar-refractivity contribution is 6.24. The van der Waals surface area contributed by atoms with Crippen molar-refractivity contribution in [3.05, 3.63) is 146 Å². The Morgan fingerprint density at radius 2 is 0.717 bits per heavy atom. The third-order valence-electron chi connectivity index (χ3n) is 8.89. The highest BCUT2D eigenvalue weighted by Crippen LogP contribution is 2.53. The molecule has 0 fully saturated rings. The lowest BCUT2D eigenvalue weighted by Gasteiger charge is -2.33. The van der Waals surface area contributed by atoms with E-state index in [1.807, 2.05) is 72.8 Å². The summed E-state index contributed by atoms with van der Waals surface area (Å²) in [6, 6.07) is 45.9. The lowest BCUT2D eigenvalue weighted by atomic mass is 9.97. The van der Waals surface area contributed by atoms with Crippen LogP contribution >= 0.6 is 0 Å². The Bertz CT molecular complexity index is 2260. The average Bonchev–Trinajstić information content (AvgIpc) is 3.12. The maximum absolute atomic E-state index is 6.31. The molecule has 0 spiro atoms. The fourth-order valence-corrected chi connectivity index (χ4v) is 6.90. The normalized spacial score (nSPS) is 13.0. The summed E-state index contributed by atoms with van der Waals surface area (Å²) < 4.78 is 12.6. The van der Waals surface area contributed by atoms with Gasteiger partial charge in [-0.25, -0.2) is 0 Å². The van der Waals surface area contributed by atoms with Gasteiger partial charge in [0.05, 0.1) is 33.8 Å². The van der Waals surface area contributed by atoms with E-state index >= 15 is 0 Å². The van der Waals surface area contributed by atoms with Crippen LogP contribution < -0.4 is 19.3 Å². The van der Waals surface area contributed by atoms with Crippen LogP contribution in [-0.2, 0) is 0 Å². The number of rotatable bonds is 2. The smallest absolute Gasteiger partial charge is 0.151 e. The number of hydrogen-bond acceptors (Lipinski definition) is 6. The molecule has 6 nitrogen and oxygen atoms in total. The second kappa shape index (κ2) is 9.55. The number of benzene rings is 7. The van der Waals surface area contributed by atoms with Crippen LogP contribution in [0, 0.1) is 0 Å². The number of para-hydroxylation sites is 8. The van der Waals surface area contributed by atoms with Gasteiger partial charge in [-0.1, -0.05) is 60.7 Å². The molecule has 216 valence electrons. The molecule has 46 heavy (non-hydrogen) atoms. The van der Waals surface area contributed by atoms with Crippen LogP contribution in [0.2, 0.25) is 0 Å². The highest BCUT2D eigenvalue weighted by atomic mass is 16.5. The minimum absolute atomic E-state index is 0.822. The zero-order chi connectivity index (χ0) is 30.2. The molecular formula is C40H24N4O2. The van der Waals surface area contributed by atoms with E-state index in [9.17, 15) is 0 Å². The van der Waals surface area contributed by atoms with Gasteiger partial charge in [-0.3, -0.25) is 9.97 Å². The average molecular weight is 593 g/mol. The Morgan fingerprint density at radius 1 is 0.370 bits per heavy atom. The SMILES string of the molecule is c1ccc2c(c1)Oc1ccccc1N2c1ccc2c(c1)c1cc(N3c4ccccc4Oc4ccccc43)ccc1c1nccnc21. The molecule has 2 aliphatic heterocycles. The molecule has 0 saturated heterocycles. The van der Waals surface area contributed by atoms with E-state index in [1.54, 1.807) is 12.4 Å². The van der Waals surface area contributed by atoms with Crippen LogP contribution in [0.3, 0.4) is 0 Å². The zero-order valence-electron chi connectivity index (χ0n) is 24.5. The Hall–Kier alpha value is -6.40. The van der Waals surface area contributed by atoms with Crippen molar-refractivity contribution in [1.29, 1.82) is 0 Å². The van der Waals surface area contributed by atoms with E-state index in [0.717, 1.165) is 89.7 Å². The second-order valence-electron chi connectivity index (χ2n) is 11.5. The molecule has 0 N–H and O–H groups in total. The van der Waals surface area contributed by atoms with Gasteiger partial charge in [0.1, 0.15) is 0 Å². The molecule has 2 aliphatic rings. The van der Waals surface area contributed by atoms with Crippen molar-refractivity contribution in [1.82, 2.24) is 9.97 Å². The first-order chi connectivity index (χ1) is 22.8. The molecule has 0 aliphatic carbocycles. The summed E-state index contributed by atoms with van der Waals surface area (Å²) >= 11 is 0. The van der Waals surface area contributed by atoms with Crippen molar-refractivity contribution < 1.29 is 9.47 Å². The van der Waals surface area contributed by atoms with Gasteiger partial charge in [0.2, 0.25) is 0 Å². The van der Waals surface area contributed by atoms with Gasteiger partial charge in [-0.2, -0.15) is 0 Å². The fourth-order valence-electron chi connectivity index (χ4n) is 6.90. The maximum Gasteiger partial charge on any atom is 0.151 e. The third-order valence-corrected chi connectivity index (χ3v) is 8.89. The lowest BCUT2D eigenvalue weighted by Crippen LogP contribution is -2.16. The van der Waals surface area contributed by atoms with Crippen LogP contribution in [0.25, 0.3) is 32.6 Å². The molecular weight excluding hydrogens is 568 g/mol. The molecule has 3 heterocycles. The van der Waals surface area contributed by atoms with Crippen molar-refractivity contribution >= 4 is 66.7 Å². The summed E-state index contributed by atoms with van der Waals surface area (Å²) in [5.41, 5.74) is 7.81. The Kier molecular flexibility index (Phi) is 5.19. The summed E-state index contributed by atoms with van der Waals surface area (Å²) in [6.45, 7) is 0. The largest absolute Gasteiger partial charge is 0.453 e. The first-order valence-corrected chi connectivity index (χ1v) is 15.2. The van der Waals surface area contributed by atoms with E-state index in [2.05, 4.69) is 70.5 Å². The number of nitrogens with zero attached hydrogens (tertiary/aromatic N) is 4. The molecule has 0 bridgehead atoms. The third kappa shape index (κ3) is 3.58. The quantitative estimate of drug-likeness (QED) is 0.186. The Balaban J connectivity index is 1.26. The first kappa shape index (κ1) is 25.0. The monoisotopic (exact) mass is 592 g/mol. The Morgan fingerprint density at radius 3 is 1.09 bits per heavy atom. The fraction of sp³-hybridized carbons (Fsp3) is 0. The minimum Gasteiger partial charge on any atom is -0.453 e. The molecule has 0 unspecified atom stereocenters. The van der Waals surface area contributed by atoms with Crippen LogP contribution in [0.15, 0.2) is 146 Å². The minimum atomic E-state index is 0.822. The molecule has 8 aromatic rings. The summed E-state index contributed by atoms with van der Waals surface area (Å²) in [5.74, 6) is 3.29. The zero-order valence-corrected chi connectivity index (χ0v) is 24.5. The van der Waals surface area contributed by atoms with Gasteiger partial charge in [0.15, 0.2) is 23.0 Å². The topological polar surface area (TPSA) is 50.7 Å². The highest BCUT2D eigenvalue weighted by Gasteiger charge is 2.28. The number of ether oxygens (including phenoxy) is 2. The van der Waals surface area contributed by atoms with Gasteiger partial charge >= 0.3 is 0 Å². The predicted octanol–water partition coefficient (Wildman–Crippen LogP) is 11.1. The number of fused-ring (bicyclic) bond motifs is 10. The van der Waals surface area contributed by atoms with E-state index < -0.39 is 0 Å². The molecule has 7 aromatic carbocycles. The standard InChI is InChI=1S/C40H24N4O2/c1-5-13-35-31(9-1)43(32-10-2-6-14-36(32)45-35)25-17-19-27-29(23-25)30-24-26(18-20-28(30)40-39(27)41-21-22-42-40)44-33-11-3-7-15-37(33)46-38-16-8-4-12-34(38)44/h1-24H. The molecule has 0 amide bonds. The predicted molar refractivity (Wildman–Crippen MR) is 184 cm³/mol. The van der Waals surface area contributed by atoms with Crippen molar-refractivity contribution in [3.63, 3.8) is 0 Å². The Labute approximate surface area is 264 Å². The van der Waals surface area contributed by atoms with Gasteiger partial charge in [0, 0.05) is 34.5 Å². The molecule has 0 saturated carbocycles. The van der Waals surface area contributed by atoms with Crippen molar-refractivity contribution in [3.8, 4) is 23.0 Å². The van der Waals surface area contributed by atoms with Crippen molar-refractivity contribution in [2.24, 2.45) is 0 Å². The van der Waals surface area contributed by atoms with E-state index in [4.69, 9.17) is 19.4 Å². The van der Waals surface area contributed by atoms with Gasteiger partial charge in [-0.15, -0.1) is 0 Å². The van der Waals surface area contributed by atoms with Crippen LogP contribution in [0.1, 0.15) is 0 Å². The number of hydrogen-bond donors (Lipinski definition) is 0. The first-order valence-electron chi connectivity index (χ1n) is 15.2. The van der Waals surface area contributed by atoms with Crippen molar-refractivity contribution in [2.75, 3.05) is 9.80 Å². The molecule has 10 rings (SSSR count). The lowest BCUT2D eigenvalue weighted by molar-refractivity contribution is 0.477. The van der Waals surface area contributed by atoms with Crippen LogP contribution in [-0.4, -0.2) is 9.97 Å². The summed E-state index contributed by atoms with van der Waals surface area (Å²) in [7, 11) is 0. The second-order valence-corrected chi connectivity index (χ2v) is 11.5. The summed E-state index contributed by atoms with van der Waals surface area (Å²) in [6.07, 6.45) is 3.54. The number of anilines is 6. The molecule has 6 heteroatoms. The molecule has 0 atom stereocenters. The maximum atomic E-state index is 6.31. The number of aromatic nitrogens is 2. The van der Waals surface area contributed by atoms with E-state index in [1.165, 1.54) is 0 Å². The van der Waals surface area contributed by atoms with E-state index in [0.29, 0.717) is 0 Å². The van der Waals surface area contributed by atoms with Crippen molar-refractivity contribution in [2.45, 2.75) is 0 Å². The van der Waals surface area contributed by atoms with Gasteiger partial charge in [-0.05, 0) is 83.6 Å². The van der Waals surface area contributed by atoms with E-state index in [-0.39, 0.29) is 0 Å². The van der Waals surface area contributed by atoms with Crippen LogP contribution in [0.4, 0.5) is 34.1 Å². The molecule has 0 radical (unpaired) electrons. The van der Waals surface area contributed by atoms with Gasteiger partial charge < -0.3 is 19.3 Å². The summed E-state index contributed by atoms with van der Waals surface area (Å²) in [4.78, 5) is 14.2. The van der Waals surface area contributed by atoms with Crippen LogP contribution in [0.5, 0.6) is 23.0 Å². The molecule has 1 aromatic heterocycles. The van der Waals surface area contributed by atoms with Gasteiger partial charge in [0.25, 0.3) is 0 Å².